The first-order valence-electron chi connectivity index (χ1n) is 8.31. The standard InChI is InChI=1S/C20H24N2O5/c1-20(2,18(23)21-14-8-6-7-9-16(14)26-4)19(24)22-15-12-13(25-3)10-11-17(15)27-5/h6-12H,1-5H3,(H,21,23)(H,22,24). The van der Waals surface area contributed by atoms with Crippen LogP contribution in [0.3, 0.4) is 0 Å². The lowest BCUT2D eigenvalue weighted by Gasteiger charge is -2.24. The summed E-state index contributed by atoms with van der Waals surface area (Å²) in [5.41, 5.74) is -0.445. The fraction of sp³-hybridized carbons (Fsp3) is 0.300. The fourth-order valence-corrected chi connectivity index (χ4v) is 2.32. The molecule has 144 valence electrons. The summed E-state index contributed by atoms with van der Waals surface area (Å²) in [7, 11) is 4.53. The van der Waals surface area contributed by atoms with Gasteiger partial charge in [-0.1, -0.05) is 12.1 Å². The van der Waals surface area contributed by atoms with Gasteiger partial charge in [0.15, 0.2) is 0 Å². The molecule has 2 rings (SSSR count). The highest BCUT2D eigenvalue weighted by Crippen LogP contribution is 2.31. The molecule has 7 nitrogen and oxygen atoms in total. The first-order valence-corrected chi connectivity index (χ1v) is 8.31. The van der Waals surface area contributed by atoms with Crippen LogP contribution in [0.25, 0.3) is 0 Å². The van der Waals surface area contributed by atoms with Crippen molar-refractivity contribution in [3.8, 4) is 17.2 Å². The second-order valence-electron chi connectivity index (χ2n) is 6.30. The van der Waals surface area contributed by atoms with Gasteiger partial charge >= 0.3 is 0 Å². The van der Waals surface area contributed by atoms with Crippen molar-refractivity contribution in [1.29, 1.82) is 0 Å². The van der Waals surface area contributed by atoms with E-state index in [-0.39, 0.29) is 0 Å². The second kappa shape index (κ2) is 8.44. The van der Waals surface area contributed by atoms with E-state index in [0.29, 0.717) is 28.6 Å². The summed E-state index contributed by atoms with van der Waals surface area (Å²) in [6, 6.07) is 12.0. The van der Waals surface area contributed by atoms with Gasteiger partial charge in [-0.25, -0.2) is 0 Å². The van der Waals surface area contributed by atoms with Crippen molar-refractivity contribution in [3.63, 3.8) is 0 Å². The number of anilines is 2. The lowest BCUT2D eigenvalue weighted by atomic mass is 9.90. The molecule has 0 unspecified atom stereocenters. The minimum Gasteiger partial charge on any atom is -0.497 e. The maximum Gasteiger partial charge on any atom is 0.239 e. The SMILES string of the molecule is COc1ccc(OC)c(NC(=O)C(C)(C)C(=O)Nc2ccccc2OC)c1. The number of methoxy groups -OCH3 is 3. The summed E-state index contributed by atoms with van der Waals surface area (Å²) < 4.78 is 15.7. The number of carbonyl (C=O) groups excluding carboxylic acids is 2. The average Bonchev–Trinajstić information content (AvgIpc) is 2.68. The van der Waals surface area contributed by atoms with E-state index in [1.54, 1.807) is 56.3 Å². The van der Waals surface area contributed by atoms with Crippen LogP contribution < -0.4 is 24.8 Å². The van der Waals surface area contributed by atoms with Gasteiger partial charge in [-0.2, -0.15) is 0 Å². The number of ether oxygens (including phenoxy) is 3. The molecule has 0 saturated heterocycles. The first kappa shape index (κ1) is 20.1. The summed E-state index contributed by atoms with van der Waals surface area (Å²) in [4.78, 5) is 25.5. The lowest BCUT2D eigenvalue weighted by Crippen LogP contribution is -2.41. The third kappa shape index (κ3) is 4.49. The molecule has 0 aliphatic heterocycles. The van der Waals surface area contributed by atoms with E-state index in [9.17, 15) is 9.59 Å². The van der Waals surface area contributed by atoms with E-state index >= 15 is 0 Å². The van der Waals surface area contributed by atoms with Gasteiger partial charge < -0.3 is 24.8 Å². The molecule has 0 saturated carbocycles. The molecule has 2 amide bonds. The van der Waals surface area contributed by atoms with Crippen molar-refractivity contribution >= 4 is 23.2 Å². The number of benzene rings is 2. The predicted molar refractivity (Wildman–Crippen MR) is 104 cm³/mol. The molecular formula is C20H24N2O5. The molecule has 0 spiro atoms. The number of hydrogen-bond acceptors (Lipinski definition) is 5. The van der Waals surface area contributed by atoms with Gasteiger partial charge in [-0.05, 0) is 38.1 Å². The fourth-order valence-electron chi connectivity index (χ4n) is 2.32. The highest BCUT2D eigenvalue weighted by Gasteiger charge is 2.37. The van der Waals surface area contributed by atoms with Crippen molar-refractivity contribution in [2.75, 3.05) is 32.0 Å². The molecule has 0 aromatic heterocycles. The lowest BCUT2D eigenvalue weighted by molar-refractivity contribution is -0.135. The smallest absolute Gasteiger partial charge is 0.239 e. The van der Waals surface area contributed by atoms with Crippen LogP contribution in [0.15, 0.2) is 42.5 Å². The molecule has 0 aliphatic rings. The molecule has 2 N–H and O–H groups in total. The van der Waals surface area contributed by atoms with Crippen LogP contribution in [0.2, 0.25) is 0 Å². The molecule has 7 heteroatoms. The Balaban J connectivity index is 2.20. The van der Waals surface area contributed by atoms with E-state index in [2.05, 4.69) is 10.6 Å². The quantitative estimate of drug-likeness (QED) is 0.728. The Kier molecular flexibility index (Phi) is 6.28. The van der Waals surface area contributed by atoms with E-state index in [1.807, 2.05) is 0 Å². The molecule has 0 radical (unpaired) electrons. The third-order valence-corrected chi connectivity index (χ3v) is 4.15. The van der Waals surface area contributed by atoms with Crippen LogP contribution >= 0.6 is 0 Å². The van der Waals surface area contributed by atoms with Gasteiger partial charge in [0, 0.05) is 6.07 Å². The topological polar surface area (TPSA) is 85.9 Å². The second-order valence-corrected chi connectivity index (χ2v) is 6.30. The Hall–Kier alpha value is -3.22. The number of amides is 2. The Morgan fingerprint density at radius 3 is 1.93 bits per heavy atom. The Labute approximate surface area is 158 Å². The van der Waals surface area contributed by atoms with Crippen LogP contribution in [0, 0.1) is 5.41 Å². The molecule has 27 heavy (non-hydrogen) atoms. The summed E-state index contributed by atoms with van der Waals surface area (Å²) in [5, 5.41) is 5.47. The summed E-state index contributed by atoms with van der Waals surface area (Å²) >= 11 is 0. The molecular weight excluding hydrogens is 348 g/mol. The third-order valence-electron chi connectivity index (χ3n) is 4.15. The summed E-state index contributed by atoms with van der Waals surface area (Å²) in [6.45, 7) is 3.08. The molecule has 0 atom stereocenters. The number of rotatable bonds is 7. The van der Waals surface area contributed by atoms with Gasteiger partial charge in [-0.3, -0.25) is 9.59 Å². The van der Waals surface area contributed by atoms with Crippen molar-refractivity contribution in [2.24, 2.45) is 5.41 Å². The van der Waals surface area contributed by atoms with E-state index in [4.69, 9.17) is 14.2 Å². The Morgan fingerprint density at radius 2 is 1.33 bits per heavy atom. The van der Waals surface area contributed by atoms with Crippen LogP contribution in [-0.2, 0) is 9.59 Å². The Bertz CT molecular complexity index is 833. The van der Waals surface area contributed by atoms with E-state index in [1.165, 1.54) is 21.3 Å². The normalized spacial score (nSPS) is 10.7. The highest BCUT2D eigenvalue weighted by molar-refractivity contribution is 6.14. The monoisotopic (exact) mass is 372 g/mol. The zero-order valence-corrected chi connectivity index (χ0v) is 16.1. The number of carbonyl (C=O) groups is 2. The number of nitrogens with one attached hydrogen (secondary N) is 2. The largest absolute Gasteiger partial charge is 0.497 e. The van der Waals surface area contributed by atoms with Crippen molar-refractivity contribution in [1.82, 2.24) is 0 Å². The maximum absolute atomic E-state index is 12.8. The zero-order valence-electron chi connectivity index (χ0n) is 16.1. The van der Waals surface area contributed by atoms with Crippen molar-refractivity contribution in [3.05, 3.63) is 42.5 Å². The van der Waals surface area contributed by atoms with Crippen LogP contribution in [0.5, 0.6) is 17.2 Å². The molecule has 0 heterocycles. The van der Waals surface area contributed by atoms with Gasteiger partial charge in [0.1, 0.15) is 22.7 Å². The van der Waals surface area contributed by atoms with E-state index in [0.717, 1.165) is 0 Å². The van der Waals surface area contributed by atoms with E-state index < -0.39 is 17.2 Å². The highest BCUT2D eigenvalue weighted by atomic mass is 16.5. The zero-order chi connectivity index (χ0) is 20.0. The van der Waals surface area contributed by atoms with Crippen LogP contribution in [0.4, 0.5) is 11.4 Å². The molecule has 2 aromatic rings. The average molecular weight is 372 g/mol. The molecule has 0 fully saturated rings. The van der Waals surface area contributed by atoms with Gasteiger partial charge in [-0.15, -0.1) is 0 Å². The summed E-state index contributed by atoms with van der Waals surface area (Å²) in [5.74, 6) is 0.580. The van der Waals surface area contributed by atoms with Gasteiger partial charge in [0.25, 0.3) is 0 Å². The Morgan fingerprint density at radius 1 is 0.778 bits per heavy atom. The number of para-hydroxylation sites is 2. The minimum absolute atomic E-state index is 0.417. The van der Waals surface area contributed by atoms with Crippen molar-refractivity contribution < 1.29 is 23.8 Å². The number of hydrogen-bond donors (Lipinski definition) is 2. The van der Waals surface area contributed by atoms with Gasteiger partial charge in [0.05, 0.1) is 32.7 Å². The van der Waals surface area contributed by atoms with Crippen LogP contribution in [0.1, 0.15) is 13.8 Å². The molecule has 2 aromatic carbocycles. The van der Waals surface area contributed by atoms with Crippen molar-refractivity contribution in [2.45, 2.75) is 13.8 Å². The minimum atomic E-state index is -1.35. The molecule has 0 aliphatic carbocycles. The molecule has 0 bridgehead atoms. The van der Waals surface area contributed by atoms with Gasteiger partial charge in [0.2, 0.25) is 11.8 Å². The predicted octanol–water partition coefficient (Wildman–Crippen LogP) is 3.32. The summed E-state index contributed by atoms with van der Waals surface area (Å²) in [6.07, 6.45) is 0. The maximum atomic E-state index is 12.8. The van der Waals surface area contributed by atoms with Crippen LogP contribution in [-0.4, -0.2) is 33.1 Å². The first-order chi connectivity index (χ1) is 12.8.